The Balaban J connectivity index is 1.61. The molecule has 0 spiro atoms. The van der Waals surface area contributed by atoms with E-state index in [1.54, 1.807) is 41.4 Å². The van der Waals surface area contributed by atoms with Crippen LogP contribution in [0.5, 0.6) is 0 Å². The maximum Gasteiger partial charge on any atom is 0.335 e. The average molecular weight is 504 g/mol. The highest BCUT2D eigenvalue weighted by atomic mass is 32.1. The molecule has 5 rings (SSSR count). The Labute approximate surface area is 209 Å². The number of carbonyl (C=O) groups is 2. The van der Waals surface area contributed by atoms with Crippen LogP contribution in [0.2, 0.25) is 0 Å². The van der Waals surface area contributed by atoms with Gasteiger partial charge < -0.3 is 24.8 Å². The third kappa shape index (κ3) is 4.29. The quantitative estimate of drug-likeness (QED) is 0.311. The third-order valence-corrected chi connectivity index (χ3v) is 6.15. The molecule has 8 nitrogen and oxygen atoms in total. The first-order chi connectivity index (χ1) is 17.3. The molecule has 3 heterocycles. The Morgan fingerprint density at radius 1 is 0.972 bits per heavy atom. The van der Waals surface area contributed by atoms with Crippen molar-refractivity contribution in [2.75, 3.05) is 4.90 Å². The summed E-state index contributed by atoms with van der Waals surface area (Å²) in [5.41, 5.74) is 1.29. The number of aromatic nitrogens is 1. The topological polar surface area (TPSA) is 116 Å². The fourth-order valence-electron chi connectivity index (χ4n) is 4.21. The first-order valence-corrected chi connectivity index (χ1v) is 11.2. The minimum atomic E-state index is -1.26. The molecular weight excluding hydrogens is 485 g/mol. The van der Waals surface area contributed by atoms with Gasteiger partial charge in [0.15, 0.2) is 5.11 Å². The molecule has 0 radical (unpaired) electrons. The number of furan rings is 1. The lowest BCUT2D eigenvalue weighted by Crippen LogP contribution is -2.29. The Morgan fingerprint density at radius 2 is 1.67 bits per heavy atom. The van der Waals surface area contributed by atoms with Crippen LogP contribution in [0.25, 0.3) is 11.3 Å². The standard InChI is InChI=1S/C26H18FN3O5S/c27-17-4-6-18(7-5-17)30-23(22(29-26(30)36)19-3-1-2-10-28-19)21-9-8-20(35-21)14-11-15(24(31)32)13-16(12-14)25(33)34/h1-13,22-23H,(H,29,36)(H,31,32)(H,33,34)/t22-,23-/m1/s1. The van der Waals surface area contributed by atoms with Crippen LogP contribution in [0, 0.1) is 5.82 Å². The number of nitrogens with zero attached hydrogens (tertiary/aromatic N) is 2. The first kappa shape index (κ1) is 23.2. The summed E-state index contributed by atoms with van der Waals surface area (Å²) in [6.07, 6.45) is 1.66. The number of rotatable bonds is 6. The molecule has 10 heteroatoms. The van der Waals surface area contributed by atoms with Crippen LogP contribution in [0.15, 0.2) is 83.4 Å². The van der Waals surface area contributed by atoms with Gasteiger partial charge in [-0.3, -0.25) is 4.98 Å². The van der Waals surface area contributed by atoms with Crippen molar-refractivity contribution in [3.05, 3.63) is 107 Å². The normalized spacial score (nSPS) is 17.1. The van der Waals surface area contributed by atoms with Crippen molar-refractivity contribution in [3.8, 4) is 11.3 Å². The maximum atomic E-state index is 13.6. The van der Waals surface area contributed by atoms with Crippen molar-refractivity contribution in [1.82, 2.24) is 10.3 Å². The van der Waals surface area contributed by atoms with Crippen molar-refractivity contribution in [3.63, 3.8) is 0 Å². The van der Waals surface area contributed by atoms with Gasteiger partial charge in [-0.2, -0.15) is 0 Å². The molecule has 2 aromatic carbocycles. The fourth-order valence-corrected chi connectivity index (χ4v) is 4.55. The summed E-state index contributed by atoms with van der Waals surface area (Å²) in [5, 5.41) is 22.5. The van der Waals surface area contributed by atoms with Gasteiger partial charge in [-0.05, 0) is 78.9 Å². The molecule has 1 saturated heterocycles. The lowest BCUT2D eigenvalue weighted by Gasteiger charge is -2.26. The molecular formula is C26H18FN3O5S. The Bertz CT molecular complexity index is 1440. The van der Waals surface area contributed by atoms with E-state index in [2.05, 4.69) is 10.3 Å². The van der Waals surface area contributed by atoms with Crippen molar-refractivity contribution < 1.29 is 28.6 Å². The lowest BCUT2D eigenvalue weighted by atomic mass is 10.0. The van der Waals surface area contributed by atoms with E-state index >= 15 is 0 Å². The van der Waals surface area contributed by atoms with Gasteiger partial charge in [-0.1, -0.05) is 6.07 Å². The second-order valence-electron chi connectivity index (χ2n) is 8.08. The van der Waals surface area contributed by atoms with Gasteiger partial charge in [-0.25, -0.2) is 14.0 Å². The highest BCUT2D eigenvalue weighted by Crippen LogP contribution is 2.43. The van der Waals surface area contributed by atoms with E-state index < -0.39 is 24.0 Å². The summed E-state index contributed by atoms with van der Waals surface area (Å²) in [6, 6.07) is 17.6. The molecule has 3 N–H and O–H groups in total. The first-order valence-electron chi connectivity index (χ1n) is 10.8. The van der Waals surface area contributed by atoms with E-state index in [9.17, 15) is 24.2 Å². The monoisotopic (exact) mass is 503 g/mol. The van der Waals surface area contributed by atoms with Crippen molar-refractivity contribution >= 4 is 35.0 Å². The molecule has 2 aromatic heterocycles. The van der Waals surface area contributed by atoms with E-state index in [1.165, 1.54) is 24.3 Å². The van der Waals surface area contributed by atoms with Crippen LogP contribution in [0.4, 0.5) is 10.1 Å². The van der Waals surface area contributed by atoms with E-state index in [4.69, 9.17) is 16.6 Å². The molecule has 0 aliphatic carbocycles. The molecule has 2 atom stereocenters. The van der Waals surface area contributed by atoms with E-state index in [-0.39, 0.29) is 22.7 Å². The van der Waals surface area contributed by atoms with E-state index in [0.29, 0.717) is 27.8 Å². The molecule has 1 aliphatic heterocycles. The van der Waals surface area contributed by atoms with Crippen LogP contribution >= 0.6 is 12.2 Å². The zero-order valence-electron chi connectivity index (χ0n) is 18.5. The molecule has 36 heavy (non-hydrogen) atoms. The van der Waals surface area contributed by atoms with Crippen LogP contribution in [-0.2, 0) is 0 Å². The second kappa shape index (κ2) is 9.23. The Morgan fingerprint density at radius 3 is 2.28 bits per heavy atom. The molecule has 0 saturated carbocycles. The van der Waals surface area contributed by atoms with Gasteiger partial charge in [-0.15, -0.1) is 0 Å². The summed E-state index contributed by atoms with van der Waals surface area (Å²) >= 11 is 5.62. The number of pyridine rings is 1. The Hall–Kier alpha value is -4.57. The highest BCUT2D eigenvalue weighted by Gasteiger charge is 2.42. The average Bonchev–Trinajstić information content (AvgIpc) is 3.49. The number of aromatic carboxylic acids is 2. The molecule has 1 aliphatic rings. The maximum absolute atomic E-state index is 13.6. The summed E-state index contributed by atoms with van der Waals surface area (Å²) < 4.78 is 19.8. The number of carboxylic acids is 2. The van der Waals surface area contributed by atoms with Gasteiger partial charge in [0.2, 0.25) is 0 Å². The second-order valence-corrected chi connectivity index (χ2v) is 8.47. The lowest BCUT2D eigenvalue weighted by molar-refractivity contribution is 0.0696. The summed E-state index contributed by atoms with van der Waals surface area (Å²) in [5.74, 6) is -2.15. The van der Waals surface area contributed by atoms with Gasteiger partial charge >= 0.3 is 11.9 Å². The van der Waals surface area contributed by atoms with Gasteiger partial charge in [0.25, 0.3) is 0 Å². The number of benzene rings is 2. The van der Waals surface area contributed by atoms with E-state index in [1.807, 2.05) is 12.1 Å². The highest BCUT2D eigenvalue weighted by molar-refractivity contribution is 7.80. The number of nitrogens with one attached hydrogen (secondary N) is 1. The van der Waals surface area contributed by atoms with Gasteiger partial charge in [0, 0.05) is 17.4 Å². The predicted molar refractivity (Wildman–Crippen MR) is 132 cm³/mol. The van der Waals surface area contributed by atoms with Crippen LogP contribution in [0.3, 0.4) is 0 Å². The predicted octanol–water partition coefficient (Wildman–Crippen LogP) is 5.05. The molecule has 1 fully saturated rings. The molecule has 4 aromatic rings. The molecule has 0 amide bonds. The SMILES string of the molecule is O=C(O)c1cc(C(=O)O)cc(-c2ccc([C@@H]3[C@@H](c4ccccn4)NC(=S)N3c3ccc(F)cc3)o2)c1. The number of hydrogen-bond acceptors (Lipinski definition) is 5. The van der Waals surface area contributed by atoms with Crippen LogP contribution < -0.4 is 10.2 Å². The van der Waals surface area contributed by atoms with Crippen molar-refractivity contribution in [1.29, 1.82) is 0 Å². The van der Waals surface area contributed by atoms with Gasteiger partial charge in [0.05, 0.1) is 22.9 Å². The van der Waals surface area contributed by atoms with E-state index in [0.717, 1.165) is 6.07 Å². The van der Waals surface area contributed by atoms with Crippen molar-refractivity contribution in [2.24, 2.45) is 0 Å². The number of hydrogen-bond donors (Lipinski definition) is 3. The molecule has 0 unspecified atom stereocenters. The number of anilines is 1. The van der Waals surface area contributed by atoms with Crippen molar-refractivity contribution in [2.45, 2.75) is 12.1 Å². The fraction of sp³-hybridized carbons (Fsp3) is 0.0769. The largest absolute Gasteiger partial charge is 0.478 e. The van der Waals surface area contributed by atoms with Crippen LogP contribution in [0.1, 0.15) is 44.3 Å². The third-order valence-electron chi connectivity index (χ3n) is 5.83. The van der Waals surface area contributed by atoms with Gasteiger partial charge in [0.1, 0.15) is 23.4 Å². The minimum Gasteiger partial charge on any atom is -0.478 e. The summed E-state index contributed by atoms with van der Waals surface area (Å²) in [7, 11) is 0. The number of carboxylic acid groups (broad SMARTS) is 2. The minimum absolute atomic E-state index is 0.175. The summed E-state index contributed by atoms with van der Waals surface area (Å²) in [4.78, 5) is 29.4. The zero-order chi connectivity index (χ0) is 25.4. The summed E-state index contributed by atoms with van der Waals surface area (Å²) in [6.45, 7) is 0. The zero-order valence-corrected chi connectivity index (χ0v) is 19.3. The molecule has 0 bridgehead atoms. The smallest absolute Gasteiger partial charge is 0.335 e. The number of thiocarbonyl (C=S) groups is 1. The Kier molecular flexibility index (Phi) is 5.95. The molecule has 180 valence electrons. The van der Waals surface area contributed by atoms with Crippen LogP contribution in [-0.4, -0.2) is 32.2 Å². The number of halogens is 1.